The molecule has 0 aromatic carbocycles. The lowest BCUT2D eigenvalue weighted by Crippen LogP contribution is -2.22. The molecule has 0 saturated carbocycles. The molecule has 2 rings (SSSR count). The summed E-state index contributed by atoms with van der Waals surface area (Å²) in [5.41, 5.74) is 2.68. The third-order valence-corrected chi connectivity index (χ3v) is 5.94. The van der Waals surface area contributed by atoms with Gasteiger partial charge in [-0.2, -0.15) is 0 Å². The molecule has 18 heavy (non-hydrogen) atoms. The van der Waals surface area contributed by atoms with Crippen LogP contribution in [0.4, 0.5) is 0 Å². The summed E-state index contributed by atoms with van der Waals surface area (Å²) < 4.78 is 2.37. The molecule has 0 radical (unpaired) electrons. The van der Waals surface area contributed by atoms with Gasteiger partial charge < -0.3 is 5.32 Å². The Hall–Kier alpha value is 0.320. The van der Waals surface area contributed by atoms with E-state index in [0.717, 1.165) is 13.0 Å². The van der Waals surface area contributed by atoms with Crippen LogP contribution in [0.15, 0.2) is 25.1 Å². The molecule has 2 heterocycles. The van der Waals surface area contributed by atoms with Crippen molar-refractivity contribution in [1.29, 1.82) is 0 Å². The number of nitrogens with one attached hydrogen (secondary N) is 1. The van der Waals surface area contributed by atoms with Crippen LogP contribution in [0.1, 0.15) is 35.4 Å². The number of thiophene rings is 2. The van der Waals surface area contributed by atoms with E-state index in [2.05, 4.69) is 68.5 Å². The summed E-state index contributed by atoms with van der Waals surface area (Å²) in [6.45, 7) is 5.38. The Kier molecular flexibility index (Phi) is 5.45. The second-order valence-corrected chi connectivity index (χ2v) is 9.02. The van der Waals surface area contributed by atoms with Crippen molar-refractivity contribution in [3.63, 3.8) is 0 Å². The third kappa shape index (κ3) is 3.45. The molecule has 0 spiro atoms. The normalized spacial score (nSPS) is 12.9. The fourth-order valence-corrected chi connectivity index (χ4v) is 5.49. The highest BCUT2D eigenvalue weighted by Crippen LogP contribution is 2.38. The van der Waals surface area contributed by atoms with Crippen molar-refractivity contribution in [2.45, 2.75) is 26.3 Å². The summed E-state index contributed by atoms with van der Waals surface area (Å²) in [5.74, 6) is 0. The SMILES string of the molecule is CCCNC(c1csc(C)c1)c1cc(Br)sc1Br. The fraction of sp³-hybridized carbons (Fsp3) is 0.385. The van der Waals surface area contributed by atoms with Crippen molar-refractivity contribution in [3.05, 3.63) is 41.1 Å². The molecule has 0 amide bonds. The fourth-order valence-electron chi connectivity index (χ4n) is 1.86. The number of aryl methyl sites for hydroxylation is 1. The molecule has 2 aromatic rings. The highest BCUT2D eigenvalue weighted by atomic mass is 79.9. The first-order valence-electron chi connectivity index (χ1n) is 5.85. The first kappa shape index (κ1) is 14.7. The van der Waals surface area contributed by atoms with E-state index in [1.807, 2.05) is 11.3 Å². The van der Waals surface area contributed by atoms with E-state index in [1.54, 1.807) is 11.3 Å². The predicted octanol–water partition coefficient (Wildman–Crippen LogP) is 5.73. The summed E-state index contributed by atoms with van der Waals surface area (Å²) >= 11 is 10.8. The molecule has 0 fully saturated rings. The van der Waals surface area contributed by atoms with Gasteiger partial charge in [0, 0.05) is 4.88 Å². The molecule has 5 heteroatoms. The summed E-state index contributed by atoms with van der Waals surface area (Å²) in [7, 11) is 0. The highest BCUT2D eigenvalue weighted by molar-refractivity contribution is 9.12. The predicted molar refractivity (Wildman–Crippen MR) is 88.9 cm³/mol. The van der Waals surface area contributed by atoms with Crippen LogP contribution < -0.4 is 5.32 Å². The van der Waals surface area contributed by atoms with Gasteiger partial charge in [-0.3, -0.25) is 0 Å². The first-order valence-corrected chi connectivity index (χ1v) is 9.13. The molecule has 98 valence electrons. The van der Waals surface area contributed by atoms with Gasteiger partial charge in [0.2, 0.25) is 0 Å². The molecule has 0 saturated heterocycles. The van der Waals surface area contributed by atoms with Gasteiger partial charge in [0.25, 0.3) is 0 Å². The molecular weight excluding hydrogens is 394 g/mol. The van der Waals surface area contributed by atoms with Crippen molar-refractivity contribution >= 4 is 54.5 Å². The Morgan fingerprint density at radius 1 is 1.33 bits per heavy atom. The van der Waals surface area contributed by atoms with Crippen LogP contribution in [0.5, 0.6) is 0 Å². The molecule has 0 aliphatic carbocycles. The number of hydrogen-bond donors (Lipinski definition) is 1. The highest BCUT2D eigenvalue weighted by Gasteiger charge is 2.19. The quantitative estimate of drug-likeness (QED) is 0.665. The van der Waals surface area contributed by atoms with Gasteiger partial charge in [-0.1, -0.05) is 6.92 Å². The zero-order valence-corrected chi connectivity index (χ0v) is 15.1. The van der Waals surface area contributed by atoms with Gasteiger partial charge in [-0.15, -0.1) is 22.7 Å². The van der Waals surface area contributed by atoms with E-state index in [4.69, 9.17) is 0 Å². The van der Waals surface area contributed by atoms with E-state index in [9.17, 15) is 0 Å². The van der Waals surface area contributed by atoms with Gasteiger partial charge in [0.05, 0.1) is 13.6 Å². The van der Waals surface area contributed by atoms with Crippen molar-refractivity contribution in [2.75, 3.05) is 6.54 Å². The van der Waals surface area contributed by atoms with Crippen LogP contribution in [0.2, 0.25) is 0 Å². The molecule has 1 unspecified atom stereocenters. The molecule has 0 bridgehead atoms. The van der Waals surface area contributed by atoms with E-state index >= 15 is 0 Å². The number of halogens is 2. The van der Waals surface area contributed by atoms with E-state index in [1.165, 1.54) is 23.6 Å². The number of hydrogen-bond acceptors (Lipinski definition) is 3. The topological polar surface area (TPSA) is 12.0 Å². The Morgan fingerprint density at radius 2 is 2.11 bits per heavy atom. The van der Waals surface area contributed by atoms with Crippen LogP contribution in [-0.2, 0) is 0 Å². The lowest BCUT2D eigenvalue weighted by Gasteiger charge is -2.17. The third-order valence-electron chi connectivity index (χ3n) is 2.68. The summed E-state index contributed by atoms with van der Waals surface area (Å²) in [6, 6.07) is 4.76. The van der Waals surface area contributed by atoms with Gasteiger partial charge in [0.15, 0.2) is 0 Å². The molecule has 1 atom stereocenters. The summed E-state index contributed by atoms with van der Waals surface area (Å²) in [6.07, 6.45) is 1.14. The standard InChI is InChI=1S/C13H15Br2NS2/c1-3-4-16-12(9-5-8(2)17-7-9)10-6-11(14)18-13(10)15/h5-7,12,16H,3-4H2,1-2H3. The second-order valence-electron chi connectivity index (χ2n) is 4.16. The zero-order valence-electron chi connectivity index (χ0n) is 10.3. The van der Waals surface area contributed by atoms with Crippen molar-refractivity contribution in [2.24, 2.45) is 0 Å². The largest absolute Gasteiger partial charge is 0.306 e. The van der Waals surface area contributed by atoms with Gasteiger partial charge in [0.1, 0.15) is 0 Å². The zero-order chi connectivity index (χ0) is 13.1. The molecule has 1 N–H and O–H groups in total. The van der Waals surface area contributed by atoms with Gasteiger partial charge in [-0.25, -0.2) is 0 Å². The monoisotopic (exact) mass is 407 g/mol. The van der Waals surface area contributed by atoms with Crippen LogP contribution in [0.3, 0.4) is 0 Å². The summed E-state index contributed by atoms with van der Waals surface area (Å²) in [5, 5.41) is 5.88. The van der Waals surface area contributed by atoms with E-state index in [0.29, 0.717) is 0 Å². The maximum Gasteiger partial charge on any atom is 0.0761 e. The molecule has 0 aliphatic rings. The molecule has 2 aromatic heterocycles. The van der Waals surface area contributed by atoms with Crippen LogP contribution in [0, 0.1) is 6.92 Å². The minimum atomic E-state index is 0.284. The lowest BCUT2D eigenvalue weighted by molar-refractivity contribution is 0.600. The Labute approximate surface area is 133 Å². The lowest BCUT2D eigenvalue weighted by atomic mass is 10.0. The van der Waals surface area contributed by atoms with Crippen molar-refractivity contribution in [1.82, 2.24) is 5.32 Å². The van der Waals surface area contributed by atoms with E-state index in [-0.39, 0.29) is 6.04 Å². The van der Waals surface area contributed by atoms with Crippen LogP contribution in [-0.4, -0.2) is 6.54 Å². The minimum absolute atomic E-state index is 0.284. The molecule has 1 nitrogen and oxygen atoms in total. The molecular formula is C13H15Br2NS2. The Morgan fingerprint density at radius 3 is 2.61 bits per heavy atom. The smallest absolute Gasteiger partial charge is 0.0761 e. The minimum Gasteiger partial charge on any atom is -0.306 e. The average molecular weight is 409 g/mol. The van der Waals surface area contributed by atoms with Crippen molar-refractivity contribution in [3.8, 4) is 0 Å². The second kappa shape index (κ2) is 6.66. The average Bonchev–Trinajstić information content (AvgIpc) is 2.87. The Balaban J connectivity index is 2.33. The maximum absolute atomic E-state index is 3.67. The maximum atomic E-state index is 3.67. The van der Waals surface area contributed by atoms with Crippen LogP contribution >= 0.6 is 54.5 Å². The summed E-state index contributed by atoms with van der Waals surface area (Å²) in [4.78, 5) is 1.36. The van der Waals surface area contributed by atoms with Crippen LogP contribution in [0.25, 0.3) is 0 Å². The molecule has 0 aliphatic heterocycles. The number of rotatable bonds is 5. The van der Waals surface area contributed by atoms with E-state index < -0.39 is 0 Å². The van der Waals surface area contributed by atoms with Gasteiger partial charge >= 0.3 is 0 Å². The van der Waals surface area contributed by atoms with Crippen molar-refractivity contribution < 1.29 is 0 Å². The Bertz CT molecular complexity index is 519. The van der Waals surface area contributed by atoms with Gasteiger partial charge in [-0.05, 0) is 80.4 Å². The first-order chi connectivity index (χ1) is 8.61.